The lowest BCUT2D eigenvalue weighted by Crippen LogP contribution is -2.38. The number of hydrogen-bond acceptors (Lipinski definition) is 5. The largest absolute Gasteiger partial charge is 0.449 e. The van der Waals surface area contributed by atoms with Crippen molar-refractivity contribution in [2.24, 2.45) is 5.92 Å². The first-order chi connectivity index (χ1) is 12.3. The van der Waals surface area contributed by atoms with Gasteiger partial charge in [-0.15, -0.1) is 0 Å². The molecule has 0 aliphatic heterocycles. The number of nitrogens with one attached hydrogen (secondary N) is 2. The molecule has 2 N–H and O–H groups in total. The number of benzene rings is 1. The summed E-state index contributed by atoms with van der Waals surface area (Å²) in [5.74, 6) is -0.621. The zero-order valence-corrected chi connectivity index (χ0v) is 16.0. The molecule has 0 saturated heterocycles. The number of esters is 1. The van der Waals surface area contributed by atoms with E-state index in [4.69, 9.17) is 4.74 Å². The van der Waals surface area contributed by atoms with E-state index in [2.05, 4.69) is 10.0 Å². The summed E-state index contributed by atoms with van der Waals surface area (Å²) in [4.78, 5) is 24.5. The number of amides is 1. The Morgan fingerprint density at radius 1 is 1.19 bits per heavy atom. The number of rotatable bonds is 7. The van der Waals surface area contributed by atoms with Crippen molar-refractivity contribution in [1.82, 2.24) is 5.32 Å². The van der Waals surface area contributed by atoms with Gasteiger partial charge in [-0.2, -0.15) is 0 Å². The highest BCUT2D eigenvalue weighted by atomic mass is 32.2. The van der Waals surface area contributed by atoms with Gasteiger partial charge in [-0.05, 0) is 37.8 Å². The number of ether oxygens (including phenoxy) is 1. The maximum Gasteiger partial charge on any atom is 0.341 e. The summed E-state index contributed by atoms with van der Waals surface area (Å²) in [5, 5.41) is 2.83. The SMILES string of the molecule is C[C@H](OC(=O)c1ccccc1NS(C)(=O)=O)C(=O)NCC1CCCCC1. The first-order valence-corrected chi connectivity index (χ1v) is 10.7. The van der Waals surface area contributed by atoms with Crippen LogP contribution in [0.25, 0.3) is 0 Å². The van der Waals surface area contributed by atoms with Crippen molar-refractivity contribution in [2.75, 3.05) is 17.5 Å². The predicted octanol–water partition coefficient (Wildman–Crippen LogP) is 2.30. The molecule has 1 aromatic carbocycles. The van der Waals surface area contributed by atoms with Crippen LogP contribution in [0.4, 0.5) is 5.69 Å². The normalized spacial score (nSPS) is 16.5. The Bertz CT molecular complexity index is 742. The molecular formula is C18H26N2O5S. The third kappa shape index (κ3) is 6.33. The maximum atomic E-state index is 12.3. The van der Waals surface area contributed by atoms with Crippen molar-refractivity contribution < 1.29 is 22.7 Å². The average molecular weight is 382 g/mol. The number of anilines is 1. The van der Waals surface area contributed by atoms with Gasteiger partial charge < -0.3 is 10.1 Å². The van der Waals surface area contributed by atoms with Crippen LogP contribution in [0, 0.1) is 5.92 Å². The fraction of sp³-hybridized carbons (Fsp3) is 0.556. The van der Waals surface area contributed by atoms with Crippen LogP contribution in [0.1, 0.15) is 49.4 Å². The Kier molecular flexibility index (Phi) is 7.02. The number of carbonyl (C=O) groups is 2. The van der Waals surface area contributed by atoms with E-state index in [9.17, 15) is 18.0 Å². The minimum absolute atomic E-state index is 0.0601. The second-order valence-electron chi connectivity index (χ2n) is 6.72. The van der Waals surface area contributed by atoms with Crippen molar-refractivity contribution in [3.05, 3.63) is 29.8 Å². The van der Waals surface area contributed by atoms with E-state index < -0.39 is 22.1 Å². The van der Waals surface area contributed by atoms with Crippen molar-refractivity contribution in [3.8, 4) is 0 Å². The van der Waals surface area contributed by atoms with E-state index in [1.54, 1.807) is 12.1 Å². The molecule has 0 spiro atoms. The molecule has 144 valence electrons. The molecule has 8 heteroatoms. The molecule has 0 unspecified atom stereocenters. The van der Waals surface area contributed by atoms with Crippen LogP contribution in [0.2, 0.25) is 0 Å². The Morgan fingerprint density at radius 3 is 2.50 bits per heavy atom. The molecule has 2 rings (SSSR count). The van der Waals surface area contributed by atoms with Gasteiger partial charge in [0.05, 0.1) is 17.5 Å². The topological polar surface area (TPSA) is 102 Å². The van der Waals surface area contributed by atoms with Crippen LogP contribution < -0.4 is 10.0 Å². The minimum atomic E-state index is -3.54. The Balaban J connectivity index is 1.93. The summed E-state index contributed by atoms with van der Waals surface area (Å²) in [6, 6.07) is 6.11. The van der Waals surface area contributed by atoms with Crippen LogP contribution in [0.5, 0.6) is 0 Å². The molecule has 1 aromatic rings. The van der Waals surface area contributed by atoms with E-state index in [-0.39, 0.29) is 17.2 Å². The maximum absolute atomic E-state index is 12.3. The van der Waals surface area contributed by atoms with Gasteiger partial charge in [-0.3, -0.25) is 9.52 Å². The summed E-state index contributed by atoms with van der Waals surface area (Å²) >= 11 is 0. The molecule has 1 fully saturated rings. The molecule has 0 aromatic heterocycles. The third-order valence-electron chi connectivity index (χ3n) is 4.39. The molecule has 0 bridgehead atoms. The number of para-hydroxylation sites is 1. The van der Waals surface area contributed by atoms with Crippen molar-refractivity contribution in [1.29, 1.82) is 0 Å². The first-order valence-electron chi connectivity index (χ1n) is 8.82. The van der Waals surface area contributed by atoms with Crippen LogP contribution in [-0.2, 0) is 19.6 Å². The van der Waals surface area contributed by atoms with E-state index in [1.165, 1.54) is 38.3 Å². The van der Waals surface area contributed by atoms with Gasteiger partial charge in [0.25, 0.3) is 5.91 Å². The Hall–Kier alpha value is -2.09. The molecular weight excluding hydrogens is 356 g/mol. The Morgan fingerprint density at radius 2 is 1.85 bits per heavy atom. The van der Waals surface area contributed by atoms with Gasteiger partial charge in [-0.25, -0.2) is 13.2 Å². The standard InChI is InChI=1S/C18H26N2O5S/c1-13(17(21)19-12-14-8-4-3-5-9-14)25-18(22)15-10-6-7-11-16(15)20-26(2,23)24/h6-7,10-11,13-14,20H,3-5,8-9,12H2,1-2H3,(H,19,21)/t13-/m0/s1. The average Bonchev–Trinajstić information content (AvgIpc) is 2.59. The molecule has 1 aliphatic carbocycles. The van der Waals surface area contributed by atoms with Gasteiger partial charge in [0.1, 0.15) is 0 Å². The van der Waals surface area contributed by atoms with Crippen LogP contribution in [0.15, 0.2) is 24.3 Å². The zero-order valence-electron chi connectivity index (χ0n) is 15.2. The lowest BCUT2D eigenvalue weighted by molar-refractivity contribution is -0.129. The van der Waals surface area contributed by atoms with Crippen molar-refractivity contribution in [2.45, 2.75) is 45.1 Å². The molecule has 1 atom stereocenters. The summed E-state index contributed by atoms with van der Waals surface area (Å²) in [6.45, 7) is 2.09. The van der Waals surface area contributed by atoms with Gasteiger partial charge in [0.2, 0.25) is 10.0 Å². The van der Waals surface area contributed by atoms with E-state index in [0.29, 0.717) is 12.5 Å². The molecule has 7 nitrogen and oxygen atoms in total. The monoisotopic (exact) mass is 382 g/mol. The minimum Gasteiger partial charge on any atom is -0.449 e. The summed E-state index contributed by atoms with van der Waals surface area (Å²) in [5.41, 5.74) is 0.180. The lowest BCUT2D eigenvalue weighted by Gasteiger charge is -2.22. The number of hydrogen-bond donors (Lipinski definition) is 2. The van der Waals surface area contributed by atoms with Gasteiger partial charge >= 0.3 is 5.97 Å². The van der Waals surface area contributed by atoms with E-state index >= 15 is 0 Å². The van der Waals surface area contributed by atoms with Crippen LogP contribution >= 0.6 is 0 Å². The molecule has 26 heavy (non-hydrogen) atoms. The van der Waals surface area contributed by atoms with E-state index in [0.717, 1.165) is 19.1 Å². The van der Waals surface area contributed by atoms with Gasteiger partial charge in [0, 0.05) is 6.54 Å². The second kappa shape index (κ2) is 9.02. The first kappa shape index (κ1) is 20.2. The molecule has 0 radical (unpaired) electrons. The third-order valence-corrected chi connectivity index (χ3v) is 4.98. The fourth-order valence-corrected chi connectivity index (χ4v) is 3.58. The summed E-state index contributed by atoms with van der Waals surface area (Å²) in [6.07, 6.45) is 5.88. The van der Waals surface area contributed by atoms with Crippen LogP contribution in [0.3, 0.4) is 0 Å². The predicted molar refractivity (Wildman–Crippen MR) is 99.4 cm³/mol. The van der Waals surface area contributed by atoms with Gasteiger partial charge in [-0.1, -0.05) is 31.4 Å². The number of carbonyl (C=O) groups excluding carboxylic acids is 2. The van der Waals surface area contributed by atoms with Crippen molar-refractivity contribution in [3.63, 3.8) is 0 Å². The smallest absolute Gasteiger partial charge is 0.341 e. The van der Waals surface area contributed by atoms with E-state index in [1.807, 2.05) is 0 Å². The highest BCUT2D eigenvalue weighted by molar-refractivity contribution is 7.92. The molecule has 1 saturated carbocycles. The molecule has 1 amide bonds. The van der Waals surface area contributed by atoms with Crippen molar-refractivity contribution >= 4 is 27.6 Å². The Labute approximate surface area is 154 Å². The van der Waals surface area contributed by atoms with Crippen LogP contribution in [-0.4, -0.2) is 39.2 Å². The highest BCUT2D eigenvalue weighted by Crippen LogP contribution is 2.23. The highest BCUT2D eigenvalue weighted by Gasteiger charge is 2.22. The quantitative estimate of drug-likeness (QED) is 0.705. The van der Waals surface area contributed by atoms with Gasteiger partial charge in [0.15, 0.2) is 6.10 Å². The zero-order chi connectivity index (χ0) is 19.2. The summed E-state index contributed by atoms with van der Waals surface area (Å²) in [7, 11) is -3.54. The molecule has 1 aliphatic rings. The lowest BCUT2D eigenvalue weighted by atomic mass is 9.89. The number of sulfonamides is 1. The molecule has 0 heterocycles. The second-order valence-corrected chi connectivity index (χ2v) is 8.46. The fourth-order valence-electron chi connectivity index (χ4n) is 3.01. The summed E-state index contributed by atoms with van der Waals surface area (Å²) < 4.78 is 30.3.